The number of rotatable bonds is 6. The Balaban J connectivity index is 1.77. The van der Waals surface area contributed by atoms with Crippen LogP contribution in [0.3, 0.4) is 0 Å². The Morgan fingerprint density at radius 1 is 1.24 bits per heavy atom. The zero-order valence-electron chi connectivity index (χ0n) is 15.7. The van der Waals surface area contributed by atoms with Gasteiger partial charge in [0.05, 0.1) is 5.92 Å². The maximum absolute atomic E-state index is 14.2. The summed E-state index contributed by atoms with van der Waals surface area (Å²) in [6.45, 7) is 3.78. The molecule has 1 aliphatic rings. The first kappa shape index (κ1) is 21.2. The molecule has 4 nitrogen and oxygen atoms in total. The van der Waals surface area contributed by atoms with E-state index in [4.69, 9.17) is 32.7 Å². The maximum atomic E-state index is 14.2. The van der Waals surface area contributed by atoms with Gasteiger partial charge in [0.1, 0.15) is 16.3 Å². The molecule has 1 saturated carbocycles. The van der Waals surface area contributed by atoms with E-state index in [1.165, 1.54) is 18.2 Å². The summed E-state index contributed by atoms with van der Waals surface area (Å²) >= 11 is 11.4. The fourth-order valence-corrected chi connectivity index (χ4v) is 3.58. The molecule has 1 unspecified atom stereocenters. The highest BCUT2D eigenvalue weighted by Gasteiger charge is 2.62. The third-order valence-corrected chi connectivity index (χ3v) is 5.30. The molecule has 0 heterocycles. The minimum Gasteiger partial charge on any atom is -0.454 e. The van der Waals surface area contributed by atoms with Gasteiger partial charge < -0.3 is 9.47 Å². The molecular formula is C22H18Cl2FNO3. The molecule has 1 fully saturated rings. The molecule has 3 rings (SSSR count). The number of halogens is 3. The summed E-state index contributed by atoms with van der Waals surface area (Å²) in [5.74, 6) is -1.39. The lowest BCUT2D eigenvalue weighted by Gasteiger charge is -2.14. The summed E-state index contributed by atoms with van der Waals surface area (Å²) in [7, 11) is 0. The lowest BCUT2D eigenvalue weighted by atomic mass is 10.1. The van der Waals surface area contributed by atoms with E-state index >= 15 is 0 Å². The summed E-state index contributed by atoms with van der Waals surface area (Å²) in [6.07, 6.45) is 0.397. The van der Waals surface area contributed by atoms with Crippen molar-refractivity contribution < 1.29 is 18.7 Å². The van der Waals surface area contributed by atoms with Crippen LogP contribution in [-0.4, -0.2) is 5.97 Å². The van der Waals surface area contributed by atoms with Gasteiger partial charge in [-0.15, -0.1) is 0 Å². The molecule has 0 radical (unpaired) electrons. The number of hydrogen-bond donors (Lipinski definition) is 0. The monoisotopic (exact) mass is 433 g/mol. The number of benzene rings is 2. The summed E-state index contributed by atoms with van der Waals surface area (Å²) in [5.41, 5.74) is -0.0645. The fraction of sp³-hybridized carbons (Fsp3) is 0.273. The van der Waals surface area contributed by atoms with Crippen molar-refractivity contribution in [3.05, 3.63) is 70.5 Å². The van der Waals surface area contributed by atoms with Gasteiger partial charge in [-0.2, -0.15) is 5.26 Å². The Morgan fingerprint density at radius 3 is 2.55 bits per heavy atom. The number of carbonyl (C=O) groups is 1. The molecule has 0 aromatic heterocycles. The van der Waals surface area contributed by atoms with Crippen LogP contribution in [0.5, 0.6) is 11.5 Å². The van der Waals surface area contributed by atoms with Crippen LogP contribution in [0.15, 0.2) is 59.1 Å². The van der Waals surface area contributed by atoms with Crippen LogP contribution in [-0.2, 0) is 9.53 Å². The molecule has 0 bridgehead atoms. The molecule has 0 amide bonds. The van der Waals surface area contributed by atoms with Crippen molar-refractivity contribution in [1.29, 1.82) is 5.26 Å². The number of carbonyl (C=O) groups excluding carboxylic acids is 1. The van der Waals surface area contributed by atoms with E-state index in [2.05, 4.69) is 0 Å². The number of para-hydroxylation sites is 1. The Hall–Kier alpha value is -2.55. The second kappa shape index (κ2) is 8.44. The second-order valence-corrected chi connectivity index (χ2v) is 8.34. The van der Waals surface area contributed by atoms with Gasteiger partial charge in [0.2, 0.25) is 6.10 Å². The van der Waals surface area contributed by atoms with Crippen LogP contribution < -0.4 is 4.74 Å². The van der Waals surface area contributed by atoms with Crippen LogP contribution >= 0.6 is 23.2 Å². The molecule has 2 aromatic rings. The normalized spacial score (nSPS) is 20.1. The molecule has 0 aliphatic heterocycles. The van der Waals surface area contributed by atoms with Crippen molar-refractivity contribution in [2.45, 2.75) is 20.0 Å². The van der Waals surface area contributed by atoms with Gasteiger partial charge in [-0.05, 0) is 41.7 Å². The van der Waals surface area contributed by atoms with E-state index in [1.807, 2.05) is 26.0 Å². The highest BCUT2D eigenvalue weighted by Crippen LogP contribution is 2.60. The highest BCUT2D eigenvalue weighted by molar-refractivity contribution is 6.55. The van der Waals surface area contributed by atoms with Gasteiger partial charge in [0, 0.05) is 5.56 Å². The minimum absolute atomic E-state index is 0.0634. The zero-order valence-corrected chi connectivity index (χ0v) is 17.2. The molecule has 0 spiro atoms. The van der Waals surface area contributed by atoms with E-state index in [0.29, 0.717) is 11.3 Å². The lowest BCUT2D eigenvalue weighted by molar-refractivity contribution is -0.149. The fourth-order valence-electron chi connectivity index (χ4n) is 3.31. The Bertz CT molecular complexity index is 981. The molecule has 0 saturated heterocycles. The van der Waals surface area contributed by atoms with Crippen molar-refractivity contribution in [3.8, 4) is 17.6 Å². The van der Waals surface area contributed by atoms with Crippen LogP contribution in [0.4, 0.5) is 4.39 Å². The molecule has 2 aromatic carbocycles. The third kappa shape index (κ3) is 4.72. The van der Waals surface area contributed by atoms with Crippen molar-refractivity contribution in [2.24, 2.45) is 17.3 Å². The molecule has 150 valence electrons. The Kier molecular flexibility index (Phi) is 6.16. The third-order valence-electron chi connectivity index (χ3n) is 5.05. The summed E-state index contributed by atoms with van der Waals surface area (Å²) in [6, 6.07) is 14.5. The summed E-state index contributed by atoms with van der Waals surface area (Å²) in [4.78, 5) is 12.6. The molecule has 7 heteroatoms. The smallest absolute Gasteiger partial charge is 0.311 e. The van der Waals surface area contributed by atoms with E-state index in [-0.39, 0.29) is 21.6 Å². The standard InChI is InChI=1S/C22H18Cl2FNO3/c1-22(2)15(11-19(23)24)20(22)21(27)29-18(12-26)13-8-9-16(25)17(10-13)28-14-6-4-3-5-7-14/h3-11,15,18,20H,1-2H3/t15-,18?,20-/m1/s1. The van der Waals surface area contributed by atoms with Crippen LogP contribution in [0, 0.1) is 34.4 Å². The van der Waals surface area contributed by atoms with Crippen LogP contribution in [0.1, 0.15) is 25.5 Å². The predicted octanol–water partition coefficient (Wildman–Crippen LogP) is 6.32. The van der Waals surface area contributed by atoms with Gasteiger partial charge in [-0.25, -0.2) is 4.39 Å². The number of allylic oxidation sites excluding steroid dienone is 1. The average Bonchev–Trinajstić information content (AvgIpc) is 3.21. The van der Waals surface area contributed by atoms with E-state index < -0.39 is 23.8 Å². The molecule has 3 atom stereocenters. The van der Waals surface area contributed by atoms with Crippen molar-refractivity contribution >= 4 is 29.2 Å². The van der Waals surface area contributed by atoms with Crippen molar-refractivity contribution in [2.75, 3.05) is 0 Å². The minimum atomic E-state index is -1.20. The SMILES string of the molecule is CC1(C)[C@H](C=C(Cl)Cl)[C@@H]1C(=O)OC(C#N)c1ccc(F)c(Oc2ccccc2)c1. The quantitative estimate of drug-likeness (QED) is 0.500. The molecule has 29 heavy (non-hydrogen) atoms. The lowest BCUT2D eigenvalue weighted by Crippen LogP contribution is -2.14. The van der Waals surface area contributed by atoms with E-state index in [0.717, 1.165) is 0 Å². The number of nitrogens with zero attached hydrogens (tertiary/aromatic N) is 1. The number of esters is 1. The van der Waals surface area contributed by atoms with Crippen LogP contribution in [0.25, 0.3) is 0 Å². The van der Waals surface area contributed by atoms with E-state index in [1.54, 1.807) is 30.3 Å². The van der Waals surface area contributed by atoms with Gasteiger partial charge in [0.15, 0.2) is 11.6 Å². The first-order valence-electron chi connectivity index (χ1n) is 8.89. The largest absolute Gasteiger partial charge is 0.454 e. The van der Waals surface area contributed by atoms with Gasteiger partial charge in [-0.1, -0.05) is 61.3 Å². The summed E-state index contributed by atoms with van der Waals surface area (Å²) in [5, 5.41) is 9.51. The predicted molar refractivity (Wildman–Crippen MR) is 108 cm³/mol. The second-order valence-electron chi connectivity index (χ2n) is 7.33. The zero-order chi connectivity index (χ0) is 21.2. The number of nitriles is 1. The highest BCUT2D eigenvalue weighted by atomic mass is 35.5. The van der Waals surface area contributed by atoms with Crippen molar-refractivity contribution in [3.63, 3.8) is 0 Å². The maximum Gasteiger partial charge on any atom is 0.311 e. The Morgan fingerprint density at radius 2 is 1.93 bits per heavy atom. The molecule has 0 N–H and O–H groups in total. The Labute approximate surface area is 178 Å². The van der Waals surface area contributed by atoms with Gasteiger partial charge in [0.25, 0.3) is 0 Å². The van der Waals surface area contributed by atoms with Gasteiger partial charge in [-0.3, -0.25) is 4.79 Å². The topological polar surface area (TPSA) is 59.3 Å². The molecular weight excluding hydrogens is 416 g/mol. The first-order chi connectivity index (χ1) is 13.7. The van der Waals surface area contributed by atoms with Crippen LogP contribution in [0.2, 0.25) is 0 Å². The van der Waals surface area contributed by atoms with Crippen molar-refractivity contribution in [1.82, 2.24) is 0 Å². The first-order valence-corrected chi connectivity index (χ1v) is 9.65. The van der Waals surface area contributed by atoms with E-state index in [9.17, 15) is 14.4 Å². The number of hydrogen-bond acceptors (Lipinski definition) is 4. The molecule has 1 aliphatic carbocycles. The number of ether oxygens (including phenoxy) is 2. The summed E-state index contributed by atoms with van der Waals surface area (Å²) < 4.78 is 25.2. The average molecular weight is 434 g/mol. The van der Waals surface area contributed by atoms with Gasteiger partial charge >= 0.3 is 5.97 Å².